The molecule has 2 atom stereocenters. The zero-order valence-corrected chi connectivity index (χ0v) is 14.5. The van der Waals surface area contributed by atoms with E-state index in [1.54, 1.807) is 6.26 Å². The monoisotopic (exact) mass is 344 g/mol. The lowest BCUT2D eigenvalue weighted by molar-refractivity contribution is -0.137. The Morgan fingerprint density at radius 1 is 1.24 bits per heavy atom. The van der Waals surface area contributed by atoms with Gasteiger partial charge in [-0.3, -0.25) is 4.90 Å². The van der Waals surface area contributed by atoms with Gasteiger partial charge >= 0.3 is 0 Å². The van der Waals surface area contributed by atoms with E-state index in [1.165, 1.54) is 0 Å². The number of ether oxygens (including phenoxy) is 3. The number of hydrogen-bond acceptors (Lipinski definition) is 6. The third-order valence-electron chi connectivity index (χ3n) is 4.78. The summed E-state index contributed by atoms with van der Waals surface area (Å²) in [5, 5.41) is 0. The van der Waals surface area contributed by atoms with Gasteiger partial charge in [-0.05, 0) is 37.6 Å². The van der Waals surface area contributed by atoms with Crippen molar-refractivity contribution < 1.29 is 18.6 Å². The highest BCUT2D eigenvalue weighted by Crippen LogP contribution is 2.25. The maximum absolute atomic E-state index is 5.83. The van der Waals surface area contributed by atoms with Gasteiger partial charge in [-0.15, -0.1) is 0 Å². The Morgan fingerprint density at radius 2 is 2.12 bits per heavy atom. The Kier molecular flexibility index (Phi) is 5.01. The van der Waals surface area contributed by atoms with Gasteiger partial charge in [0.05, 0.1) is 31.6 Å². The van der Waals surface area contributed by atoms with E-state index in [4.69, 9.17) is 18.6 Å². The van der Waals surface area contributed by atoms with E-state index in [9.17, 15) is 0 Å². The third-order valence-corrected chi connectivity index (χ3v) is 4.78. The number of aromatic nitrogens is 1. The average molecular weight is 344 g/mol. The minimum absolute atomic E-state index is 0.181. The lowest BCUT2D eigenvalue weighted by atomic mass is 10.0. The first-order chi connectivity index (χ1) is 12.3. The molecule has 0 aliphatic carbocycles. The topological polar surface area (TPSA) is 57.0 Å². The summed E-state index contributed by atoms with van der Waals surface area (Å²) >= 11 is 0. The van der Waals surface area contributed by atoms with Crippen LogP contribution in [0.5, 0.6) is 5.75 Å². The second-order valence-corrected chi connectivity index (χ2v) is 6.41. The number of rotatable bonds is 5. The molecule has 2 aromatic rings. The number of nitrogens with zero attached hydrogens (tertiary/aromatic N) is 2. The van der Waals surface area contributed by atoms with E-state index in [2.05, 4.69) is 9.88 Å². The van der Waals surface area contributed by atoms with Crippen LogP contribution in [0.3, 0.4) is 0 Å². The molecule has 134 valence electrons. The van der Waals surface area contributed by atoms with E-state index >= 15 is 0 Å². The summed E-state index contributed by atoms with van der Waals surface area (Å²) in [5.41, 5.74) is 1.91. The SMILES string of the molecule is CCOc1ccc(-c2nc(CN3CCO[C@@H]4COCC[C@@H]43)co2)cc1. The van der Waals surface area contributed by atoms with Crippen molar-refractivity contribution in [2.45, 2.75) is 32.0 Å². The highest BCUT2D eigenvalue weighted by Gasteiger charge is 2.35. The predicted octanol–water partition coefficient (Wildman–Crippen LogP) is 2.73. The zero-order valence-electron chi connectivity index (χ0n) is 14.5. The number of oxazole rings is 1. The highest BCUT2D eigenvalue weighted by molar-refractivity contribution is 5.54. The fourth-order valence-corrected chi connectivity index (χ4v) is 3.54. The molecule has 0 spiro atoms. The molecule has 6 nitrogen and oxygen atoms in total. The maximum atomic E-state index is 5.83. The molecule has 0 bridgehead atoms. The number of fused-ring (bicyclic) bond motifs is 1. The van der Waals surface area contributed by atoms with Crippen LogP contribution >= 0.6 is 0 Å². The number of benzene rings is 1. The van der Waals surface area contributed by atoms with Crippen molar-refractivity contribution >= 4 is 0 Å². The van der Waals surface area contributed by atoms with Gasteiger partial charge in [-0.25, -0.2) is 4.98 Å². The van der Waals surface area contributed by atoms with Gasteiger partial charge in [0.15, 0.2) is 0 Å². The molecule has 4 rings (SSSR count). The number of hydrogen-bond donors (Lipinski definition) is 0. The summed E-state index contributed by atoms with van der Waals surface area (Å²) in [5.74, 6) is 1.51. The van der Waals surface area contributed by atoms with Crippen molar-refractivity contribution in [3.8, 4) is 17.2 Å². The fourth-order valence-electron chi connectivity index (χ4n) is 3.54. The van der Waals surface area contributed by atoms with Crippen LogP contribution in [0, 0.1) is 0 Å². The minimum Gasteiger partial charge on any atom is -0.494 e. The smallest absolute Gasteiger partial charge is 0.226 e. The van der Waals surface area contributed by atoms with Gasteiger partial charge in [-0.1, -0.05) is 0 Å². The molecular formula is C19H24N2O4. The van der Waals surface area contributed by atoms with Crippen molar-refractivity contribution in [1.82, 2.24) is 9.88 Å². The maximum Gasteiger partial charge on any atom is 0.226 e. The molecule has 0 amide bonds. The van der Waals surface area contributed by atoms with Gasteiger partial charge in [0, 0.05) is 31.3 Å². The van der Waals surface area contributed by atoms with Crippen LogP contribution in [0.1, 0.15) is 19.0 Å². The van der Waals surface area contributed by atoms with E-state index < -0.39 is 0 Å². The minimum atomic E-state index is 0.181. The molecule has 1 aromatic carbocycles. The molecule has 0 N–H and O–H groups in total. The third kappa shape index (κ3) is 3.71. The molecule has 1 aromatic heterocycles. The Hall–Kier alpha value is -1.89. The van der Waals surface area contributed by atoms with E-state index in [1.807, 2.05) is 31.2 Å². The van der Waals surface area contributed by atoms with Crippen LogP contribution in [-0.2, 0) is 16.0 Å². The van der Waals surface area contributed by atoms with Gasteiger partial charge in [0.25, 0.3) is 0 Å². The summed E-state index contributed by atoms with van der Waals surface area (Å²) in [6.07, 6.45) is 2.95. The molecule has 0 unspecified atom stereocenters. The summed E-state index contributed by atoms with van der Waals surface area (Å²) in [7, 11) is 0. The molecule has 2 aliphatic heterocycles. The van der Waals surface area contributed by atoms with Crippen molar-refractivity contribution in [3.63, 3.8) is 0 Å². The Balaban J connectivity index is 1.44. The lowest BCUT2D eigenvalue weighted by Gasteiger charge is -2.43. The zero-order chi connectivity index (χ0) is 17.1. The second kappa shape index (κ2) is 7.56. The molecule has 2 saturated heterocycles. The Bertz CT molecular complexity index is 683. The molecule has 3 heterocycles. The Labute approximate surface area is 147 Å². The standard InChI is InChI=1S/C19H24N2O4/c1-2-23-16-5-3-14(4-6-16)19-20-15(12-25-19)11-21-8-10-24-18-13-22-9-7-17(18)21/h3-6,12,17-18H,2,7-11,13H2,1H3/t17-,18+/m0/s1. The number of morpholine rings is 1. The van der Waals surface area contributed by atoms with Gasteiger partial charge in [0.2, 0.25) is 5.89 Å². The van der Waals surface area contributed by atoms with Crippen LogP contribution in [-0.4, -0.2) is 55.0 Å². The molecule has 2 fully saturated rings. The first-order valence-electron chi connectivity index (χ1n) is 8.94. The predicted molar refractivity (Wildman–Crippen MR) is 92.5 cm³/mol. The first-order valence-corrected chi connectivity index (χ1v) is 8.94. The fraction of sp³-hybridized carbons (Fsp3) is 0.526. The van der Waals surface area contributed by atoms with Gasteiger partial charge in [0.1, 0.15) is 12.0 Å². The largest absolute Gasteiger partial charge is 0.494 e. The first kappa shape index (κ1) is 16.6. The average Bonchev–Trinajstić information content (AvgIpc) is 3.12. The van der Waals surface area contributed by atoms with E-state index in [0.717, 1.165) is 49.7 Å². The molecular weight excluding hydrogens is 320 g/mol. The van der Waals surface area contributed by atoms with Crippen LogP contribution in [0.4, 0.5) is 0 Å². The summed E-state index contributed by atoms with van der Waals surface area (Å²) in [6.45, 7) is 6.58. The van der Waals surface area contributed by atoms with Crippen molar-refractivity contribution in [3.05, 3.63) is 36.2 Å². The summed E-state index contributed by atoms with van der Waals surface area (Å²) < 4.78 is 22.5. The van der Waals surface area contributed by atoms with E-state index in [0.29, 0.717) is 25.1 Å². The van der Waals surface area contributed by atoms with Crippen LogP contribution in [0.25, 0.3) is 11.5 Å². The van der Waals surface area contributed by atoms with Crippen LogP contribution < -0.4 is 4.74 Å². The lowest BCUT2D eigenvalue weighted by Crippen LogP contribution is -2.55. The van der Waals surface area contributed by atoms with Gasteiger partial charge in [-0.2, -0.15) is 0 Å². The van der Waals surface area contributed by atoms with Crippen molar-refractivity contribution in [2.75, 3.05) is 33.0 Å². The molecule has 6 heteroatoms. The summed E-state index contributed by atoms with van der Waals surface area (Å²) in [4.78, 5) is 7.11. The molecule has 0 radical (unpaired) electrons. The van der Waals surface area contributed by atoms with Crippen LogP contribution in [0.15, 0.2) is 34.9 Å². The van der Waals surface area contributed by atoms with Gasteiger partial charge < -0.3 is 18.6 Å². The normalized spacial score (nSPS) is 24.0. The van der Waals surface area contributed by atoms with Crippen molar-refractivity contribution in [2.24, 2.45) is 0 Å². The summed E-state index contributed by atoms with van der Waals surface area (Å²) in [6, 6.07) is 8.25. The Morgan fingerprint density at radius 3 is 2.96 bits per heavy atom. The quantitative estimate of drug-likeness (QED) is 0.831. The molecule has 2 aliphatic rings. The second-order valence-electron chi connectivity index (χ2n) is 6.41. The van der Waals surface area contributed by atoms with Crippen molar-refractivity contribution in [1.29, 1.82) is 0 Å². The molecule has 25 heavy (non-hydrogen) atoms. The molecule has 0 saturated carbocycles. The van der Waals surface area contributed by atoms with E-state index in [-0.39, 0.29) is 6.10 Å². The van der Waals surface area contributed by atoms with Crippen LogP contribution in [0.2, 0.25) is 0 Å². The highest BCUT2D eigenvalue weighted by atomic mass is 16.5.